The second-order valence-corrected chi connectivity index (χ2v) is 6.68. The van der Waals surface area contributed by atoms with E-state index in [0.717, 1.165) is 4.90 Å². The molecule has 0 aliphatic rings. The lowest BCUT2D eigenvalue weighted by atomic mass is 10.3. The number of aliphatic hydroxyl groups is 1. The molecule has 1 N–H and O–H groups in total. The van der Waals surface area contributed by atoms with E-state index in [0.29, 0.717) is 14.1 Å². The van der Waals surface area contributed by atoms with Crippen molar-refractivity contribution in [3.05, 3.63) is 50.3 Å². The van der Waals surface area contributed by atoms with Crippen molar-refractivity contribution >= 4 is 40.4 Å². The Morgan fingerprint density at radius 2 is 2.21 bits per heavy atom. The summed E-state index contributed by atoms with van der Waals surface area (Å²) in [6.45, 7) is 1.59. The molecule has 19 heavy (non-hydrogen) atoms. The van der Waals surface area contributed by atoms with E-state index in [9.17, 15) is 15.2 Å². The van der Waals surface area contributed by atoms with Gasteiger partial charge in [-0.25, -0.2) is 0 Å². The van der Waals surface area contributed by atoms with Gasteiger partial charge in [0.05, 0.1) is 11.0 Å². The fourth-order valence-corrected chi connectivity index (χ4v) is 4.00. The van der Waals surface area contributed by atoms with Gasteiger partial charge in [0.1, 0.15) is 4.21 Å². The molecule has 1 atom stereocenters. The van der Waals surface area contributed by atoms with Crippen molar-refractivity contribution < 1.29 is 10.0 Å². The molecule has 4 nitrogen and oxygen atoms in total. The highest BCUT2D eigenvalue weighted by molar-refractivity contribution is 8.01. The van der Waals surface area contributed by atoms with Gasteiger partial charge in [0.15, 0.2) is 0 Å². The average Bonchev–Trinajstić information content (AvgIpc) is 2.73. The summed E-state index contributed by atoms with van der Waals surface area (Å²) in [6.07, 6.45) is -0.711. The maximum atomic E-state index is 11.0. The summed E-state index contributed by atoms with van der Waals surface area (Å²) in [7, 11) is 0. The molecule has 0 saturated carbocycles. The van der Waals surface area contributed by atoms with E-state index in [-0.39, 0.29) is 5.69 Å². The number of thiophene rings is 1. The summed E-state index contributed by atoms with van der Waals surface area (Å²) in [5, 5.41) is 21.1. The van der Waals surface area contributed by atoms with Gasteiger partial charge in [-0.05, 0) is 25.1 Å². The van der Waals surface area contributed by atoms with Gasteiger partial charge in [-0.3, -0.25) is 10.1 Å². The predicted molar refractivity (Wildman–Crippen MR) is 77.2 cm³/mol. The summed E-state index contributed by atoms with van der Waals surface area (Å²) in [5.74, 6) is 0. The third kappa shape index (κ3) is 3.48. The first-order valence-corrected chi connectivity index (χ1v) is 7.38. The van der Waals surface area contributed by atoms with Crippen LogP contribution in [0, 0.1) is 10.1 Å². The van der Waals surface area contributed by atoms with Crippen molar-refractivity contribution in [3.8, 4) is 0 Å². The van der Waals surface area contributed by atoms with E-state index in [2.05, 4.69) is 0 Å². The molecule has 0 bridgehead atoms. The quantitative estimate of drug-likeness (QED) is 0.665. The van der Waals surface area contributed by atoms with Crippen LogP contribution in [0.15, 0.2) is 39.4 Å². The van der Waals surface area contributed by atoms with Crippen LogP contribution in [-0.4, -0.2) is 10.0 Å². The minimum atomic E-state index is -0.711. The number of hydrogen-bond acceptors (Lipinski definition) is 5. The van der Waals surface area contributed by atoms with Gasteiger partial charge < -0.3 is 5.11 Å². The number of benzene rings is 1. The number of nitro groups is 1. The summed E-state index contributed by atoms with van der Waals surface area (Å²) in [6, 6.07) is 8.54. The minimum absolute atomic E-state index is 0.0193. The Morgan fingerprint density at radius 1 is 1.47 bits per heavy atom. The van der Waals surface area contributed by atoms with Crippen LogP contribution in [-0.2, 0) is 0 Å². The zero-order chi connectivity index (χ0) is 14.0. The Labute approximate surface area is 123 Å². The standard InChI is InChI=1S/C12H10ClNO3S2/c1-7(15)11-6-10(14(16)17)12(19-11)18-9-4-2-3-8(13)5-9/h2-7,15H,1H3/t7-/m0/s1. The Bertz CT molecular complexity index is 613. The van der Waals surface area contributed by atoms with E-state index in [1.54, 1.807) is 25.1 Å². The Hall–Kier alpha value is -1.08. The highest BCUT2D eigenvalue weighted by Crippen LogP contribution is 2.43. The van der Waals surface area contributed by atoms with Crippen molar-refractivity contribution in [2.75, 3.05) is 0 Å². The van der Waals surface area contributed by atoms with Crippen LogP contribution in [0.25, 0.3) is 0 Å². The molecule has 1 heterocycles. The number of halogens is 1. The molecular weight excluding hydrogens is 306 g/mol. The molecule has 2 rings (SSSR count). The average molecular weight is 316 g/mol. The fraction of sp³-hybridized carbons (Fsp3) is 0.167. The first-order chi connectivity index (χ1) is 8.97. The molecule has 2 aromatic rings. The van der Waals surface area contributed by atoms with Crippen LogP contribution in [0.3, 0.4) is 0 Å². The smallest absolute Gasteiger partial charge is 0.294 e. The summed E-state index contributed by atoms with van der Waals surface area (Å²) in [4.78, 5) is 12.0. The van der Waals surface area contributed by atoms with Gasteiger partial charge in [-0.1, -0.05) is 29.4 Å². The maximum absolute atomic E-state index is 11.0. The third-order valence-corrected chi connectivity index (χ3v) is 5.02. The van der Waals surface area contributed by atoms with Gasteiger partial charge in [0, 0.05) is 20.9 Å². The van der Waals surface area contributed by atoms with Crippen LogP contribution in [0.2, 0.25) is 5.02 Å². The van der Waals surface area contributed by atoms with Gasteiger partial charge in [-0.15, -0.1) is 11.3 Å². The number of hydrogen-bond donors (Lipinski definition) is 1. The number of nitrogens with zero attached hydrogens (tertiary/aromatic N) is 1. The molecule has 7 heteroatoms. The van der Waals surface area contributed by atoms with Gasteiger partial charge >= 0.3 is 0 Å². The monoisotopic (exact) mass is 315 g/mol. The van der Waals surface area contributed by atoms with E-state index < -0.39 is 11.0 Å². The van der Waals surface area contributed by atoms with E-state index in [1.807, 2.05) is 6.07 Å². The molecule has 0 saturated heterocycles. The van der Waals surface area contributed by atoms with E-state index >= 15 is 0 Å². The SMILES string of the molecule is C[C@H](O)c1cc([N+](=O)[O-])c(Sc2cccc(Cl)c2)s1. The van der Waals surface area contributed by atoms with Gasteiger partial charge in [-0.2, -0.15) is 0 Å². The zero-order valence-corrected chi connectivity index (χ0v) is 12.3. The molecule has 0 amide bonds. The Kier molecular flexibility index (Phi) is 4.46. The fourth-order valence-electron chi connectivity index (χ4n) is 1.43. The van der Waals surface area contributed by atoms with Crippen molar-refractivity contribution in [2.45, 2.75) is 22.1 Å². The lowest BCUT2D eigenvalue weighted by Gasteiger charge is -1.99. The maximum Gasteiger partial charge on any atom is 0.294 e. The highest BCUT2D eigenvalue weighted by Gasteiger charge is 2.21. The molecule has 100 valence electrons. The summed E-state index contributed by atoms with van der Waals surface area (Å²) < 4.78 is 0.545. The molecule has 0 spiro atoms. The second kappa shape index (κ2) is 5.92. The molecule has 0 fully saturated rings. The van der Waals surface area contributed by atoms with Crippen molar-refractivity contribution in [1.82, 2.24) is 0 Å². The first-order valence-electron chi connectivity index (χ1n) is 5.37. The van der Waals surface area contributed by atoms with Crippen LogP contribution in [0.4, 0.5) is 5.69 Å². The Morgan fingerprint density at radius 3 is 2.79 bits per heavy atom. The highest BCUT2D eigenvalue weighted by atomic mass is 35.5. The molecule has 1 aromatic carbocycles. The molecule has 0 radical (unpaired) electrons. The van der Waals surface area contributed by atoms with E-state index in [1.165, 1.54) is 29.2 Å². The number of rotatable bonds is 4. The van der Waals surface area contributed by atoms with Gasteiger partial charge in [0.25, 0.3) is 5.69 Å². The summed E-state index contributed by atoms with van der Waals surface area (Å²) >= 11 is 8.39. The van der Waals surface area contributed by atoms with Crippen molar-refractivity contribution in [2.24, 2.45) is 0 Å². The van der Waals surface area contributed by atoms with Crippen molar-refractivity contribution in [1.29, 1.82) is 0 Å². The molecular formula is C12H10ClNO3S2. The Balaban J connectivity index is 2.36. The minimum Gasteiger partial charge on any atom is -0.388 e. The predicted octanol–water partition coefficient (Wildman–Crippen LogP) is 4.51. The molecule has 1 aromatic heterocycles. The lowest BCUT2D eigenvalue weighted by molar-refractivity contribution is -0.387. The lowest BCUT2D eigenvalue weighted by Crippen LogP contribution is -1.87. The van der Waals surface area contributed by atoms with Gasteiger partial charge in [0.2, 0.25) is 0 Å². The number of aliphatic hydroxyl groups excluding tert-OH is 1. The normalized spacial score (nSPS) is 12.4. The van der Waals surface area contributed by atoms with Crippen LogP contribution in [0.1, 0.15) is 17.9 Å². The van der Waals surface area contributed by atoms with E-state index in [4.69, 9.17) is 11.6 Å². The largest absolute Gasteiger partial charge is 0.388 e. The van der Waals surface area contributed by atoms with Crippen molar-refractivity contribution in [3.63, 3.8) is 0 Å². The molecule has 0 unspecified atom stereocenters. The third-order valence-electron chi connectivity index (χ3n) is 2.31. The van der Waals surface area contributed by atoms with Crippen LogP contribution < -0.4 is 0 Å². The topological polar surface area (TPSA) is 63.4 Å². The molecule has 0 aliphatic carbocycles. The zero-order valence-electron chi connectivity index (χ0n) is 9.87. The molecule has 0 aliphatic heterocycles. The second-order valence-electron chi connectivity index (χ2n) is 3.81. The first kappa shape index (κ1) is 14.3. The summed E-state index contributed by atoms with van der Waals surface area (Å²) in [5.41, 5.74) is 0.0193. The van der Waals surface area contributed by atoms with Crippen LogP contribution in [0.5, 0.6) is 0 Å². The van der Waals surface area contributed by atoms with Crippen LogP contribution >= 0.6 is 34.7 Å².